The topological polar surface area (TPSA) is 15.3 Å². The molecular formula is C15H25BrN2. The van der Waals surface area contributed by atoms with Crippen molar-refractivity contribution in [1.82, 2.24) is 10.2 Å². The summed E-state index contributed by atoms with van der Waals surface area (Å²) in [5.41, 5.74) is 2.65. The number of nitrogens with zero attached hydrogens (tertiary/aromatic N) is 1. The number of halogens is 1. The van der Waals surface area contributed by atoms with Gasteiger partial charge in [-0.15, -0.1) is 0 Å². The first-order valence-corrected chi connectivity index (χ1v) is 7.65. The molecule has 1 N–H and O–H groups in total. The minimum absolute atomic E-state index is 0.945. The summed E-state index contributed by atoms with van der Waals surface area (Å²) < 4.78 is 1.24. The second-order valence-electron chi connectivity index (χ2n) is 4.61. The van der Waals surface area contributed by atoms with E-state index >= 15 is 0 Å². The maximum atomic E-state index is 3.65. The molecule has 0 heterocycles. The number of hydrogen-bond acceptors (Lipinski definition) is 2. The van der Waals surface area contributed by atoms with Crippen molar-refractivity contribution in [2.75, 3.05) is 26.2 Å². The van der Waals surface area contributed by atoms with Crippen LogP contribution in [-0.2, 0) is 6.54 Å². The third-order valence-corrected chi connectivity index (χ3v) is 4.44. The van der Waals surface area contributed by atoms with Gasteiger partial charge in [0.05, 0.1) is 0 Å². The van der Waals surface area contributed by atoms with E-state index in [0.29, 0.717) is 0 Å². The third-order valence-electron chi connectivity index (χ3n) is 3.31. The predicted molar refractivity (Wildman–Crippen MR) is 83.0 cm³/mol. The van der Waals surface area contributed by atoms with Gasteiger partial charge in [-0.05, 0) is 50.7 Å². The van der Waals surface area contributed by atoms with E-state index in [9.17, 15) is 0 Å². The van der Waals surface area contributed by atoms with Crippen LogP contribution in [0.5, 0.6) is 0 Å². The van der Waals surface area contributed by atoms with E-state index in [0.717, 1.165) is 26.2 Å². The van der Waals surface area contributed by atoms with Crippen LogP contribution < -0.4 is 5.32 Å². The average Bonchev–Trinajstić information content (AvgIpc) is 2.38. The van der Waals surface area contributed by atoms with E-state index in [-0.39, 0.29) is 0 Å². The molecule has 0 amide bonds. The highest BCUT2D eigenvalue weighted by Gasteiger charge is 2.02. The lowest BCUT2D eigenvalue weighted by atomic mass is 10.1. The molecule has 18 heavy (non-hydrogen) atoms. The van der Waals surface area contributed by atoms with E-state index in [4.69, 9.17) is 0 Å². The van der Waals surface area contributed by atoms with Crippen LogP contribution >= 0.6 is 15.9 Å². The van der Waals surface area contributed by atoms with Gasteiger partial charge in [0.2, 0.25) is 0 Å². The average molecular weight is 313 g/mol. The number of benzene rings is 1. The van der Waals surface area contributed by atoms with Crippen LogP contribution in [0.15, 0.2) is 22.7 Å². The van der Waals surface area contributed by atoms with Crippen LogP contribution in [-0.4, -0.2) is 31.1 Å². The lowest BCUT2D eigenvalue weighted by Gasteiger charge is -2.17. The van der Waals surface area contributed by atoms with Crippen LogP contribution in [0, 0.1) is 6.92 Å². The fourth-order valence-electron chi connectivity index (χ4n) is 2.04. The van der Waals surface area contributed by atoms with Gasteiger partial charge in [0.25, 0.3) is 0 Å². The van der Waals surface area contributed by atoms with Crippen molar-refractivity contribution in [1.29, 1.82) is 0 Å². The van der Waals surface area contributed by atoms with Gasteiger partial charge < -0.3 is 10.2 Å². The summed E-state index contributed by atoms with van der Waals surface area (Å²) in [4.78, 5) is 2.46. The molecule has 102 valence electrons. The van der Waals surface area contributed by atoms with Crippen molar-refractivity contribution in [3.8, 4) is 0 Å². The fraction of sp³-hybridized carbons (Fsp3) is 0.600. The summed E-state index contributed by atoms with van der Waals surface area (Å²) in [6.45, 7) is 12.1. The van der Waals surface area contributed by atoms with Crippen LogP contribution in [0.2, 0.25) is 0 Å². The molecule has 0 fully saturated rings. The Bertz CT molecular complexity index is 348. The van der Waals surface area contributed by atoms with Crippen LogP contribution in [0.3, 0.4) is 0 Å². The van der Waals surface area contributed by atoms with Crippen LogP contribution in [0.25, 0.3) is 0 Å². The van der Waals surface area contributed by atoms with Gasteiger partial charge >= 0.3 is 0 Å². The van der Waals surface area contributed by atoms with Gasteiger partial charge in [0.15, 0.2) is 0 Å². The lowest BCUT2D eigenvalue weighted by Crippen LogP contribution is -2.27. The Hall–Kier alpha value is -0.380. The SMILES string of the molecule is CCN(CC)CCCNCc1cccc(C)c1Br. The first-order chi connectivity index (χ1) is 8.69. The maximum absolute atomic E-state index is 3.65. The predicted octanol–water partition coefficient (Wildman–Crippen LogP) is 3.58. The summed E-state index contributed by atoms with van der Waals surface area (Å²) in [7, 11) is 0. The Morgan fingerprint density at radius 2 is 1.94 bits per heavy atom. The molecule has 0 bridgehead atoms. The first kappa shape index (κ1) is 15.7. The first-order valence-electron chi connectivity index (χ1n) is 6.86. The maximum Gasteiger partial charge on any atom is 0.0249 e. The molecular weight excluding hydrogens is 288 g/mol. The summed E-state index contributed by atoms with van der Waals surface area (Å²) in [6, 6.07) is 6.43. The number of hydrogen-bond donors (Lipinski definition) is 1. The molecule has 0 aromatic heterocycles. The van der Waals surface area contributed by atoms with Crippen molar-refractivity contribution in [3.63, 3.8) is 0 Å². The lowest BCUT2D eigenvalue weighted by molar-refractivity contribution is 0.298. The zero-order valence-corrected chi connectivity index (χ0v) is 13.4. The zero-order chi connectivity index (χ0) is 13.4. The highest BCUT2D eigenvalue weighted by Crippen LogP contribution is 2.20. The smallest absolute Gasteiger partial charge is 0.0249 e. The zero-order valence-electron chi connectivity index (χ0n) is 11.8. The second kappa shape index (κ2) is 8.68. The summed E-state index contributed by atoms with van der Waals surface area (Å²) >= 11 is 3.65. The molecule has 3 heteroatoms. The van der Waals surface area contributed by atoms with Crippen molar-refractivity contribution in [2.24, 2.45) is 0 Å². The Labute approximate surface area is 120 Å². The monoisotopic (exact) mass is 312 g/mol. The summed E-state index contributed by atoms with van der Waals surface area (Å²) in [5, 5.41) is 3.52. The minimum Gasteiger partial charge on any atom is -0.313 e. The standard InChI is InChI=1S/C15H25BrN2/c1-4-18(5-2)11-7-10-17-12-14-9-6-8-13(3)15(14)16/h6,8-9,17H,4-5,7,10-12H2,1-3H3. The van der Waals surface area contributed by atoms with Gasteiger partial charge in [0.1, 0.15) is 0 Å². The fourth-order valence-corrected chi connectivity index (χ4v) is 2.44. The van der Waals surface area contributed by atoms with Crippen molar-refractivity contribution in [3.05, 3.63) is 33.8 Å². The molecule has 0 aliphatic heterocycles. The molecule has 0 aliphatic rings. The molecule has 0 atom stereocenters. The molecule has 1 aromatic rings. The van der Waals surface area contributed by atoms with E-state index in [1.807, 2.05) is 0 Å². The Balaban J connectivity index is 2.24. The molecule has 0 spiro atoms. The second-order valence-corrected chi connectivity index (χ2v) is 5.40. The molecule has 2 nitrogen and oxygen atoms in total. The van der Waals surface area contributed by atoms with E-state index in [1.165, 1.54) is 28.6 Å². The summed E-state index contributed by atoms with van der Waals surface area (Å²) in [6.07, 6.45) is 1.21. The highest BCUT2D eigenvalue weighted by atomic mass is 79.9. The quantitative estimate of drug-likeness (QED) is 0.738. The van der Waals surface area contributed by atoms with E-state index in [2.05, 4.69) is 65.1 Å². The largest absolute Gasteiger partial charge is 0.313 e. The number of aryl methyl sites for hydroxylation is 1. The van der Waals surface area contributed by atoms with Gasteiger partial charge in [-0.25, -0.2) is 0 Å². The van der Waals surface area contributed by atoms with Crippen molar-refractivity contribution < 1.29 is 0 Å². The Kier molecular flexibility index (Phi) is 7.56. The molecule has 1 rings (SSSR count). The summed E-state index contributed by atoms with van der Waals surface area (Å²) in [5.74, 6) is 0. The van der Waals surface area contributed by atoms with Crippen LogP contribution in [0.4, 0.5) is 0 Å². The van der Waals surface area contributed by atoms with Gasteiger partial charge in [-0.1, -0.05) is 48.0 Å². The van der Waals surface area contributed by atoms with Gasteiger partial charge in [-0.2, -0.15) is 0 Å². The Morgan fingerprint density at radius 3 is 2.61 bits per heavy atom. The van der Waals surface area contributed by atoms with Crippen molar-refractivity contribution >= 4 is 15.9 Å². The Morgan fingerprint density at radius 1 is 1.22 bits per heavy atom. The van der Waals surface area contributed by atoms with Gasteiger partial charge in [0, 0.05) is 11.0 Å². The van der Waals surface area contributed by atoms with Crippen molar-refractivity contribution in [2.45, 2.75) is 33.7 Å². The van der Waals surface area contributed by atoms with Gasteiger partial charge in [-0.3, -0.25) is 0 Å². The third kappa shape index (κ3) is 5.09. The minimum atomic E-state index is 0.945. The normalized spacial score (nSPS) is 11.2. The van der Waals surface area contributed by atoms with Crippen LogP contribution in [0.1, 0.15) is 31.4 Å². The van der Waals surface area contributed by atoms with E-state index in [1.54, 1.807) is 0 Å². The molecule has 0 radical (unpaired) electrons. The molecule has 0 aliphatic carbocycles. The molecule has 0 saturated carbocycles. The number of rotatable bonds is 8. The number of nitrogens with one attached hydrogen (secondary N) is 1. The van der Waals surface area contributed by atoms with E-state index < -0.39 is 0 Å². The molecule has 1 aromatic carbocycles. The molecule has 0 saturated heterocycles. The molecule has 0 unspecified atom stereocenters. The highest BCUT2D eigenvalue weighted by molar-refractivity contribution is 9.10.